The van der Waals surface area contributed by atoms with E-state index in [9.17, 15) is 18.0 Å². The quantitative estimate of drug-likeness (QED) is 0.931. The fourth-order valence-corrected chi connectivity index (χ4v) is 2.26. The lowest BCUT2D eigenvalue weighted by Crippen LogP contribution is -2.29. The van der Waals surface area contributed by atoms with Crippen LogP contribution < -0.4 is 14.8 Å². The molecule has 0 atom stereocenters. The molecule has 0 aliphatic carbocycles. The van der Waals surface area contributed by atoms with Crippen LogP contribution in [0.2, 0.25) is 0 Å². The molecule has 0 bridgehead atoms. The first kappa shape index (κ1) is 16.0. The maximum atomic E-state index is 12.2. The van der Waals surface area contributed by atoms with Crippen LogP contribution in [0, 0.1) is 0 Å². The van der Waals surface area contributed by atoms with Gasteiger partial charge in [-0.25, -0.2) is 0 Å². The smallest absolute Gasteiger partial charge is 0.471 e. The van der Waals surface area contributed by atoms with Gasteiger partial charge in [0.25, 0.3) is 0 Å². The molecule has 2 rings (SSSR count). The fraction of sp³-hybridized carbons (Fsp3) is 0.250. The molecular weight excluding hydrogens is 323 g/mol. The number of carbonyl (C=O) groups excluding carboxylic acids is 1. The van der Waals surface area contributed by atoms with Crippen molar-refractivity contribution in [1.82, 2.24) is 10.2 Å². The van der Waals surface area contributed by atoms with Crippen LogP contribution in [0.1, 0.15) is 0 Å². The number of anilines is 1. The summed E-state index contributed by atoms with van der Waals surface area (Å²) in [5.41, 5.74) is 0.572. The number of alkyl halides is 3. The van der Waals surface area contributed by atoms with Gasteiger partial charge in [0.05, 0.1) is 14.2 Å². The second-order valence-electron chi connectivity index (χ2n) is 3.93. The van der Waals surface area contributed by atoms with Crippen LogP contribution in [0.3, 0.4) is 0 Å². The van der Waals surface area contributed by atoms with E-state index in [1.807, 2.05) is 0 Å². The van der Waals surface area contributed by atoms with Gasteiger partial charge in [-0.3, -0.25) is 10.1 Å². The Hall–Kier alpha value is -2.36. The molecule has 1 amide bonds. The largest absolute Gasteiger partial charge is 0.493 e. The Morgan fingerprint density at radius 3 is 2.45 bits per heavy atom. The molecule has 10 heteroatoms. The molecule has 0 unspecified atom stereocenters. The summed E-state index contributed by atoms with van der Waals surface area (Å²) in [5.74, 6) is -1.15. The number of amides is 1. The molecular formula is C12H10F3N3O3S. The van der Waals surface area contributed by atoms with Gasteiger partial charge in [0, 0.05) is 5.56 Å². The molecule has 1 aromatic carbocycles. The fourth-order valence-electron chi connectivity index (χ4n) is 1.53. The Kier molecular flexibility index (Phi) is 4.50. The van der Waals surface area contributed by atoms with E-state index in [4.69, 9.17) is 9.47 Å². The van der Waals surface area contributed by atoms with Crippen molar-refractivity contribution in [2.24, 2.45) is 0 Å². The number of aromatic nitrogens is 2. The van der Waals surface area contributed by atoms with Crippen molar-refractivity contribution in [2.75, 3.05) is 19.5 Å². The monoisotopic (exact) mass is 333 g/mol. The molecule has 0 saturated carbocycles. The highest BCUT2D eigenvalue weighted by molar-refractivity contribution is 7.18. The Labute approximate surface area is 126 Å². The molecule has 1 heterocycles. The summed E-state index contributed by atoms with van der Waals surface area (Å²) in [6.45, 7) is 0. The predicted octanol–water partition coefficient (Wildman–Crippen LogP) is 2.72. The molecule has 22 heavy (non-hydrogen) atoms. The van der Waals surface area contributed by atoms with E-state index in [1.165, 1.54) is 14.2 Å². The Balaban J connectivity index is 2.23. The average molecular weight is 333 g/mol. The molecule has 1 aromatic heterocycles. The molecule has 0 saturated heterocycles. The zero-order valence-electron chi connectivity index (χ0n) is 11.4. The van der Waals surface area contributed by atoms with Crippen LogP contribution >= 0.6 is 11.3 Å². The van der Waals surface area contributed by atoms with Gasteiger partial charge in [0.1, 0.15) is 5.01 Å². The minimum Gasteiger partial charge on any atom is -0.493 e. The maximum absolute atomic E-state index is 12.2. The summed E-state index contributed by atoms with van der Waals surface area (Å²) >= 11 is 0.813. The van der Waals surface area contributed by atoms with E-state index in [0.29, 0.717) is 22.1 Å². The van der Waals surface area contributed by atoms with Gasteiger partial charge in [-0.2, -0.15) is 13.2 Å². The number of carbonyl (C=O) groups is 1. The molecule has 0 fully saturated rings. The topological polar surface area (TPSA) is 73.3 Å². The molecule has 0 spiro atoms. The van der Waals surface area contributed by atoms with E-state index in [2.05, 4.69) is 10.2 Å². The van der Waals surface area contributed by atoms with Gasteiger partial charge in [0.15, 0.2) is 11.5 Å². The van der Waals surface area contributed by atoms with Crippen LogP contribution in [-0.2, 0) is 4.79 Å². The molecule has 0 radical (unpaired) electrons. The molecule has 1 N–H and O–H groups in total. The first-order valence-corrected chi connectivity index (χ1v) is 6.61. The summed E-state index contributed by atoms with van der Waals surface area (Å²) < 4.78 is 46.7. The summed E-state index contributed by atoms with van der Waals surface area (Å²) in [4.78, 5) is 10.8. The first-order chi connectivity index (χ1) is 10.3. The lowest BCUT2D eigenvalue weighted by Gasteiger charge is -2.07. The number of nitrogens with one attached hydrogen (secondary N) is 1. The highest BCUT2D eigenvalue weighted by Gasteiger charge is 2.39. The summed E-state index contributed by atoms with van der Waals surface area (Å²) in [6.07, 6.45) is -4.98. The van der Waals surface area contributed by atoms with Crippen molar-refractivity contribution in [3.05, 3.63) is 18.2 Å². The standard InChI is InChI=1S/C12H10F3N3O3S/c1-20-7-4-3-6(5-8(7)21-2)9-17-18-11(22-9)16-10(19)12(13,14)15/h3-5H,1-2H3,(H,16,18,19). The van der Waals surface area contributed by atoms with Crippen LogP contribution in [0.25, 0.3) is 10.6 Å². The number of ether oxygens (including phenoxy) is 2. The molecule has 6 nitrogen and oxygen atoms in total. The first-order valence-electron chi connectivity index (χ1n) is 5.79. The van der Waals surface area contributed by atoms with Crippen molar-refractivity contribution < 1.29 is 27.4 Å². The van der Waals surface area contributed by atoms with E-state index in [0.717, 1.165) is 11.3 Å². The summed E-state index contributed by atoms with van der Waals surface area (Å²) in [5, 5.41) is 8.99. The normalized spacial score (nSPS) is 11.1. The Morgan fingerprint density at radius 2 is 1.86 bits per heavy atom. The van der Waals surface area contributed by atoms with Gasteiger partial charge in [0.2, 0.25) is 5.13 Å². The third-order valence-corrected chi connectivity index (χ3v) is 3.42. The average Bonchev–Trinajstić information content (AvgIpc) is 2.94. The van der Waals surface area contributed by atoms with Gasteiger partial charge in [-0.1, -0.05) is 11.3 Å². The minimum absolute atomic E-state index is 0.243. The SMILES string of the molecule is COc1ccc(-c2nnc(NC(=O)C(F)(F)F)s2)cc1OC. The van der Waals surface area contributed by atoms with E-state index >= 15 is 0 Å². The van der Waals surface area contributed by atoms with Gasteiger partial charge < -0.3 is 9.47 Å². The number of hydrogen-bond acceptors (Lipinski definition) is 6. The van der Waals surface area contributed by atoms with Crippen molar-refractivity contribution in [1.29, 1.82) is 0 Å². The number of halogens is 3. The predicted molar refractivity (Wildman–Crippen MR) is 73.1 cm³/mol. The Bertz CT molecular complexity index is 688. The lowest BCUT2D eigenvalue weighted by atomic mass is 10.2. The number of methoxy groups -OCH3 is 2. The van der Waals surface area contributed by atoms with Crippen molar-refractivity contribution >= 4 is 22.4 Å². The zero-order chi connectivity index (χ0) is 16.3. The van der Waals surface area contributed by atoms with Crippen LogP contribution in [0.4, 0.5) is 18.3 Å². The van der Waals surface area contributed by atoms with E-state index in [-0.39, 0.29) is 5.13 Å². The third-order valence-electron chi connectivity index (χ3n) is 2.53. The highest BCUT2D eigenvalue weighted by Crippen LogP contribution is 2.34. The summed E-state index contributed by atoms with van der Waals surface area (Å²) in [6, 6.07) is 4.88. The van der Waals surface area contributed by atoms with Crippen molar-refractivity contribution in [2.45, 2.75) is 6.18 Å². The highest BCUT2D eigenvalue weighted by atomic mass is 32.1. The third kappa shape index (κ3) is 3.45. The number of rotatable bonds is 4. The number of hydrogen-bond donors (Lipinski definition) is 1. The van der Waals surface area contributed by atoms with E-state index < -0.39 is 12.1 Å². The molecule has 118 valence electrons. The lowest BCUT2D eigenvalue weighted by molar-refractivity contribution is -0.167. The van der Waals surface area contributed by atoms with Gasteiger partial charge in [-0.05, 0) is 18.2 Å². The summed E-state index contributed by atoms with van der Waals surface area (Å²) in [7, 11) is 2.93. The molecule has 0 aliphatic heterocycles. The molecule has 0 aliphatic rings. The Morgan fingerprint density at radius 1 is 1.18 bits per heavy atom. The number of benzene rings is 1. The van der Waals surface area contributed by atoms with Crippen molar-refractivity contribution in [3.8, 4) is 22.1 Å². The maximum Gasteiger partial charge on any atom is 0.471 e. The zero-order valence-corrected chi connectivity index (χ0v) is 12.2. The van der Waals surface area contributed by atoms with Crippen molar-refractivity contribution in [3.63, 3.8) is 0 Å². The second-order valence-corrected chi connectivity index (χ2v) is 4.91. The van der Waals surface area contributed by atoms with Gasteiger partial charge in [-0.15, -0.1) is 10.2 Å². The second kappa shape index (κ2) is 6.18. The molecule has 2 aromatic rings. The van der Waals surface area contributed by atoms with E-state index in [1.54, 1.807) is 23.5 Å². The minimum atomic E-state index is -4.98. The van der Waals surface area contributed by atoms with Crippen LogP contribution in [0.15, 0.2) is 18.2 Å². The van der Waals surface area contributed by atoms with Gasteiger partial charge >= 0.3 is 12.1 Å². The number of nitrogens with zero attached hydrogens (tertiary/aromatic N) is 2. The van der Waals surface area contributed by atoms with Crippen LogP contribution in [-0.4, -0.2) is 36.5 Å². The van der Waals surface area contributed by atoms with Crippen LogP contribution in [0.5, 0.6) is 11.5 Å².